The van der Waals surface area contributed by atoms with E-state index in [0.29, 0.717) is 11.3 Å². The zero-order chi connectivity index (χ0) is 19.4. The Kier molecular flexibility index (Phi) is 5.54. The lowest BCUT2D eigenvalue weighted by molar-refractivity contribution is -0.114. The van der Waals surface area contributed by atoms with E-state index in [2.05, 4.69) is 34.4 Å². The van der Waals surface area contributed by atoms with Crippen molar-refractivity contribution < 1.29 is 9.59 Å². The molecule has 27 heavy (non-hydrogen) atoms. The lowest BCUT2D eigenvalue weighted by Gasteiger charge is -2.22. The molecule has 0 fully saturated rings. The first-order valence-corrected chi connectivity index (χ1v) is 9.11. The molecule has 2 amide bonds. The standard InChI is InChI=1S/C21H24N4O2/c1-4-13(2)19(20-23-17-10-5-6-11-18(17)24-20)25-21(27)15-8-7-9-16(12-15)22-14(3)26/h5-13,19H,4H2,1-3H3,(H,22,26)(H,23,24)(H,25,27). The predicted molar refractivity (Wildman–Crippen MR) is 107 cm³/mol. The van der Waals surface area contributed by atoms with Crippen LogP contribution in [0.5, 0.6) is 0 Å². The van der Waals surface area contributed by atoms with Crippen LogP contribution in [0.1, 0.15) is 49.4 Å². The van der Waals surface area contributed by atoms with Crippen LogP contribution in [-0.4, -0.2) is 21.8 Å². The minimum Gasteiger partial charge on any atom is -0.342 e. The van der Waals surface area contributed by atoms with Gasteiger partial charge in [0, 0.05) is 18.2 Å². The normalized spacial score (nSPS) is 13.1. The fourth-order valence-corrected chi connectivity index (χ4v) is 3.00. The van der Waals surface area contributed by atoms with Crippen LogP contribution in [0.4, 0.5) is 5.69 Å². The van der Waals surface area contributed by atoms with Crippen molar-refractivity contribution in [2.75, 3.05) is 5.32 Å². The fraction of sp³-hybridized carbons (Fsp3) is 0.286. The van der Waals surface area contributed by atoms with Crippen LogP contribution in [0.3, 0.4) is 0 Å². The molecule has 3 aromatic rings. The van der Waals surface area contributed by atoms with Gasteiger partial charge in [0.15, 0.2) is 0 Å². The van der Waals surface area contributed by atoms with Gasteiger partial charge in [0.05, 0.1) is 17.1 Å². The zero-order valence-corrected chi connectivity index (χ0v) is 15.7. The molecule has 1 aromatic heterocycles. The van der Waals surface area contributed by atoms with E-state index in [-0.39, 0.29) is 23.8 Å². The summed E-state index contributed by atoms with van der Waals surface area (Å²) in [4.78, 5) is 32.1. The lowest BCUT2D eigenvalue weighted by atomic mass is 9.98. The molecule has 0 saturated heterocycles. The van der Waals surface area contributed by atoms with Crippen molar-refractivity contribution in [1.29, 1.82) is 0 Å². The van der Waals surface area contributed by atoms with Crippen LogP contribution >= 0.6 is 0 Å². The molecule has 0 aliphatic rings. The van der Waals surface area contributed by atoms with Crippen LogP contribution < -0.4 is 10.6 Å². The molecule has 0 bridgehead atoms. The Balaban J connectivity index is 1.86. The van der Waals surface area contributed by atoms with E-state index in [1.165, 1.54) is 6.92 Å². The van der Waals surface area contributed by atoms with Crippen LogP contribution in [0.2, 0.25) is 0 Å². The summed E-state index contributed by atoms with van der Waals surface area (Å²) in [5, 5.41) is 5.80. The molecular formula is C21H24N4O2. The number of nitrogens with zero attached hydrogens (tertiary/aromatic N) is 1. The number of imidazole rings is 1. The highest BCUT2D eigenvalue weighted by Gasteiger charge is 2.24. The summed E-state index contributed by atoms with van der Waals surface area (Å²) in [6, 6.07) is 14.5. The monoisotopic (exact) mass is 364 g/mol. The molecule has 0 spiro atoms. The average molecular weight is 364 g/mol. The molecule has 140 valence electrons. The minimum absolute atomic E-state index is 0.174. The van der Waals surface area contributed by atoms with E-state index >= 15 is 0 Å². The molecule has 0 radical (unpaired) electrons. The molecule has 2 unspecified atom stereocenters. The Morgan fingerprint density at radius 3 is 2.63 bits per heavy atom. The summed E-state index contributed by atoms with van der Waals surface area (Å²) in [6.45, 7) is 5.61. The number of benzene rings is 2. The molecule has 2 aromatic carbocycles. The van der Waals surface area contributed by atoms with Crippen molar-refractivity contribution in [2.24, 2.45) is 5.92 Å². The Hall–Kier alpha value is -3.15. The molecule has 6 heteroatoms. The molecule has 3 rings (SSSR count). The highest BCUT2D eigenvalue weighted by atomic mass is 16.2. The van der Waals surface area contributed by atoms with Crippen LogP contribution in [-0.2, 0) is 4.79 Å². The SMILES string of the molecule is CCC(C)C(NC(=O)c1cccc(NC(C)=O)c1)c1nc2ccccc2[nH]1. The molecule has 3 N–H and O–H groups in total. The molecule has 0 aliphatic heterocycles. The Bertz CT molecular complexity index is 930. The van der Waals surface area contributed by atoms with Gasteiger partial charge in [-0.1, -0.05) is 38.5 Å². The quantitative estimate of drug-likeness (QED) is 0.617. The number of amides is 2. The largest absolute Gasteiger partial charge is 0.342 e. The summed E-state index contributed by atoms with van der Waals surface area (Å²) in [7, 11) is 0. The Morgan fingerprint density at radius 2 is 1.93 bits per heavy atom. The third kappa shape index (κ3) is 4.34. The van der Waals surface area contributed by atoms with Crippen molar-refractivity contribution in [2.45, 2.75) is 33.2 Å². The zero-order valence-electron chi connectivity index (χ0n) is 15.7. The van der Waals surface area contributed by atoms with Gasteiger partial charge in [0.2, 0.25) is 5.91 Å². The summed E-state index contributed by atoms with van der Waals surface area (Å²) in [5.41, 5.74) is 2.91. The van der Waals surface area contributed by atoms with Gasteiger partial charge < -0.3 is 15.6 Å². The maximum Gasteiger partial charge on any atom is 0.251 e. The van der Waals surface area contributed by atoms with Crippen molar-refractivity contribution in [1.82, 2.24) is 15.3 Å². The number of rotatable bonds is 6. The molecule has 6 nitrogen and oxygen atoms in total. The van der Waals surface area contributed by atoms with Gasteiger partial charge in [0.1, 0.15) is 5.82 Å². The van der Waals surface area contributed by atoms with E-state index in [9.17, 15) is 9.59 Å². The predicted octanol–water partition coefficient (Wildman–Crippen LogP) is 4.04. The second kappa shape index (κ2) is 8.03. The smallest absolute Gasteiger partial charge is 0.251 e. The number of fused-ring (bicyclic) bond motifs is 1. The van der Waals surface area contributed by atoms with E-state index in [4.69, 9.17) is 0 Å². The number of anilines is 1. The number of aromatic amines is 1. The Morgan fingerprint density at radius 1 is 1.15 bits per heavy atom. The van der Waals surface area contributed by atoms with Crippen molar-refractivity contribution in [3.63, 3.8) is 0 Å². The molecule has 1 heterocycles. The average Bonchev–Trinajstić information content (AvgIpc) is 3.08. The maximum absolute atomic E-state index is 12.8. The lowest BCUT2D eigenvalue weighted by Crippen LogP contribution is -2.33. The molecular weight excluding hydrogens is 340 g/mol. The van der Waals surface area contributed by atoms with Gasteiger partial charge >= 0.3 is 0 Å². The third-order valence-corrected chi connectivity index (χ3v) is 4.65. The van der Waals surface area contributed by atoms with Crippen LogP contribution in [0.15, 0.2) is 48.5 Å². The first-order valence-electron chi connectivity index (χ1n) is 9.11. The van der Waals surface area contributed by atoms with E-state index in [0.717, 1.165) is 23.3 Å². The van der Waals surface area contributed by atoms with Crippen molar-refractivity contribution in [3.8, 4) is 0 Å². The van der Waals surface area contributed by atoms with Gasteiger partial charge in [-0.3, -0.25) is 9.59 Å². The second-order valence-electron chi connectivity index (χ2n) is 6.74. The summed E-state index contributed by atoms with van der Waals surface area (Å²) >= 11 is 0. The number of H-pyrrole nitrogens is 1. The second-order valence-corrected chi connectivity index (χ2v) is 6.74. The van der Waals surface area contributed by atoms with Gasteiger partial charge in [-0.15, -0.1) is 0 Å². The Labute approximate surface area is 158 Å². The molecule has 0 aliphatic carbocycles. The number of hydrogen-bond donors (Lipinski definition) is 3. The molecule has 2 atom stereocenters. The first-order chi connectivity index (χ1) is 13.0. The number of para-hydroxylation sites is 2. The van der Waals surface area contributed by atoms with Gasteiger partial charge in [-0.2, -0.15) is 0 Å². The fourth-order valence-electron chi connectivity index (χ4n) is 3.00. The minimum atomic E-state index is -0.237. The third-order valence-electron chi connectivity index (χ3n) is 4.65. The topological polar surface area (TPSA) is 86.9 Å². The first kappa shape index (κ1) is 18.6. The number of carbonyl (C=O) groups is 2. The summed E-state index contributed by atoms with van der Waals surface area (Å²) in [6.07, 6.45) is 0.897. The van der Waals surface area contributed by atoms with Gasteiger partial charge in [0.25, 0.3) is 5.91 Å². The number of carbonyl (C=O) groups excluding carboxylic acids is 2. The van der Waals surface area contributed by atoms with Gasteiger partial charge in [-0.25, -0.2) is 4.98 Å². The number of aromatic nitrogens is 2. The summed E-state index contributed by atoms with van der Waals surface area (Å²) < 4.78 is 0. The number of nitrogens with one attached hydrogen (secondary N) is 3. The molecule has 0 saturated carbocycles. The highest BCUT2D eigenvalue weighted by molar-refractivity contribution is 5.97. The number of hydrogen-bond acceptors (Lipinski definition) is 3. The van der Waals surface area contributed by atoms with Crippen molar-refractivity contribution in [3.05, 3.63) is 59.9 Å². The summed E-state index contributed by atoms with van der Waals surface area (Å²) in [5.74, 6) is 0.574. The van der Waals surface area contributed by atoms with Gasteiger partial charge in [-0.05, 0) is 36.2 Å². The van der Waals surface area contributed by atoms with Crippen LogP contribution in [0.25, 0.3) is 11.0 Å². The highest BCUT2D eigenvalue weighted by Crippen LogP contribution is 2.25. The van der Waals surface area contributed by atoms with E-state index < -0.39 is 0 Å². The van der Waals surface area contributed by atoms with E-state index in [1.807, 2.05) is 24.3 Å². The van der Waals surface area contributed by atoms with E-state index in [1.54, 1.807) is 24.3 Å². The van der Waals surface area contributed by atoms with Crippen LogP contribution in [0, 0.1) is 5.92 Å². The van der Waals surface area contributed by atoms with Crippen molar-refractivity contribution >= 4 is 28.5 Å². The maximum atomic E-state index is 12.8.